The average Bonchev–Trinajstić information content (AvgIpc) is 2.67. The van der Waals surface area contributed by atoms with E-state index in [1.54, 1.807) is 49.6 Å². The van der Waals surface area contributed by atoms with Gasteiger partial charge in [-0.05, 0) is 37.0 Å². The SMILES string of the molecule is CC1=C(C(=O)Nc2cccnc2)[C@@H](c2ccccc2F)C2=C(CC(C)(C)CC2=O)N1. The van der Waals surface area contributed by atoms with Gasteiger partial charge in [0.1, 0.15) is 5.82 Å². The maximum atomic E-state index is 14.9. The van der Waals surface area contributed by atoms with Crippen LogP contribution >= 0.6 is 0 Å². The van der Waals surface area contributed by atoms with Gasteiger partial charge in [-0.3, -0.25) is 14.6 Å². The van der Waals surface area contributed by atoms with Crippen LogP contribution in [0.1, 0.15) is 45.1 Å². The van der Waals surface area contributed by atoms with E-state index in [0.29, 0.717) is 40.9 Å². The second kappa shape index (κ2) is 7.52. The van der Waals surface area contributed by atoms with Gasteiger partial charge in [0.25, 0.3) is 5.91 Å². The second-order valence-corrected chi connectivity index (χ2v) is 8.65. The molecule has 1 aliphatic carbocycles. The molecule has 1 amide bonds. The van der Waals surface area contributed by atoms with E-state index in [1.807, 2.05) is 13.8 Å². The smallest absolute Gasteiger partial charge is 0.254 e. The summed E-state index contributed by atoms with van der Waals surface area (Å²) in [4.78, 5) is 30.5. The molecule has 0 fully saturated rings. The number of anilines is 1. The minimum absolute atomic E-state index is 0.0545. The van der Waals surface area contributed by atoms with Crippen LogP contribution in [0.25, 0.3) is 0 Å². The molecule has 1 aliphatic heterocycles. The highest BCUT2D eigenvalue weighted by Crippen LogP contribution is 2.47. The first kappa shape index (κ1) is 20.0. The van der Waals surface area contributed by atoms with Crippen LogP contribution in [-0.2, 0) is 9.59 Å². The number of allylic oxidation sites excluding steroid dienone is 3. The summed E-state index contributed by atoms with van der Waals surface area (Å²) < 4.78 is 14.9. The Morgan fingerprint density at radius 2 is 1.97 bits per heavy atom. The van der Waals surface area contributed by atoms with Gasteiger partial charge in [-0.15, -0.1) is 0 Å². The van der Waals surface area contributed by atoms with Crippen molar-refractivity contribution >= 4 is 17.4 Å². The molecule has 0 radical (unpaired) electrons. The minimum Gasteiger partial charge on any atom is -0.362 e. The fraction of sp³-hybridized carbons (Fsp3) is 0.292. The normalized spacial score (nSPS) is 20.5. The van der Waals surface area contributed by atoms with Crippen molar-refractivity contribution in [2.75, 3.05) is 5.32 Å². The van der Waals surface area contributed by atoms with Crippen molar-refractivity contribution < 1.29 is 14.0 Å². The number of rotatable bonds is 3. The number of aromatic nitrogens is 1. The van der Waals surface area contributed by atoms with Crippen LogP contribution in [0.3, 0.4) is 0 Å². The summed E-state index contributed by atoms with van der Waals surface area (Å²) >= 11 is 0. The summed E-state index contributed by atoms with van der Waals surface area (Å²) in [5.41, 5.74) is 2.89. The largest absolute Gasteiger partial charge is 0.362 e. The molecule has 0 spiro atoms. The van der Waals surface area contributed by atoms with Crippen LogP contribution in [0.2, 0.25) is 0 Å². The summed E-state index contributed by atoms with van der Waals surface area (Å²) in [7, 11) is 0. The van der Waals surface area contributed by atoms with Crippen molar-refractivity contribution in [3.05, 3.63) is 82.7 Å². The molecule has 1 aromatic heterocycles. The number of hydrogen-bond donors (Lipinski definition) is 2. The summed E-state index contributed by atoms with van der Waals surface area (Å²) in [6, 6.07) is 9.79. The molecule has 0 saturated carbocycles. The van der Waals surface area contributed by atoms with Gasteiger partial charge in [-0.1, -0.05) is 32.0 Å². The van der Waals surface area contributed by atoms with Crippen molar-refractivity contribution in [2.24, 2.45) is 5.41 Å². The Labute approximate surface area is 175 Å². The lowest BCUT2D eigenvalue weighted by atomic mass is 9.68. The molecule has 6 heteroatoms. The maximum absolute atomic E-state index is 14.9. The third-order valence-electron chi connectivity index (χ3n) is 5.62. The number of carbonyl (C=O) groups is 2. The van der Waals surface area contributed by atoms with Crippen molar-refractivity contribution in [2.45, 2.75) is 39.5 Å². The zero-order valence-corrected chi connectivity index (χ0v) is 17.3. The van der Waals surface area contributed by atoms with Gasteiger partial charge in [0, 0.05) is 46.6 Å². The Balaban J connectivity index is 1.84. The topological polar surface area (TPSA) is 71.1 Å². The number of amides is 1. The van der Waals surface area contributed by atoms with Crippen LogP contribution in [0.5, 0.6) is 0 Å². The van der Waals surface area contributed by atoms with Crippen molar-refractivity contribution in [1.82, 2.24) is 10.3 Å². The first-order valence-electron chi connectivity index (χ1n) is 9.97. The number of Topliss-reactive ketones (excluding diaryl/α,β-unsaturated/α-hetero) is 1. The number of halogens is 1. The van der Waals surface area contributed by atoms with Gasteiger partial charge in [-0.2, -0.15) is 0 Å². The Hall–Kier alpha value is -3.28. The molecular weight excluding hydrogens is 381 g/mol. The molecule has 2 heterocycles. The predicted octanol–water partition coefficient (Wildman–Crippen LogP) is 4.46. The van der Waals surface area contributed by atoms with Crippen LogP contribution in [0.15, 0.2) is 71.3 Å². The predicted molar refractivity (Wildman–Crippen MR) is 113 cm³/mol. The Bertz CT molecular complexity index is 1090. The molecular formula is C24H24FN3O2. The maximum Gasteiger partial charge on any atom is 0.254 e. The van der Waals surface area contributed by atoms with E-state index in [0.717, 1.165) is 5.70 Å². The summed E-state index contributed by atoms with van der Waals surface area (Å²) in [5, 5.41) is 6.11. The van der Waals surface area contributed by atoms with Gasteiger partial charge in [0.15, 0.2) is 5.78 Å². The van der Waals surface area contributed by atoms with E-state index in [-0.39, 0.29) is 17.1 Å². The number of dihydropyridines is 1. The monoisotopic (exact) mass is 405 g/mol. The standard InChI is InChI=1S/C24H24FN3O2/c1-14-20(23(30)28-15-7-6-10-26-13-15)21(16-8-4-5-9-17(16)25)22-18(27-14)11-24(2,3)12-19(22)29/h4-10,13,21,27H,11-12H2,1-3H3,(H,28,30)/t21-/m1/s1. The average molecular weight is 405 g/mol. The number of nitrogens with zero attached hydrogens (tertiary/aromatic N) is 1. The van der Waals surface area contributed by atoms with Crippen molar-refractivity contribution in [1.29, 1.82) is 0 Å². The molecule has 154 valence electrons. The Morgan fingerprint density at radius 1 is 1.20 bits per heavy atom. The van der Waals surface area contributed by atoms with Crippen LogP contribution in [0, 0.1) is 11.2 Å². The van der Waals surface area contributed by atoms with Crippen LogP contribution in [-0.4, -0.2) is 16.7 Å². The number of nitrogens with one attached hydrogen (secondary N) is 2. The fourth-order valence-corrected chi connectivity index (χ4v) is 4.39. The van der Waals surface area contributed by atoms with Gasteiger partial charge in [-0.25, -0.2) is 4.39 Å². The zero-order chi connectivity index (χ0) is 21.5. The summed E-state index contributed by atoms with van der Waals surface area (Å²) in [5.74, 6) is -1.64. The first-order valence-corrected chi connectivity index (χ1v) is 9.97. The highest BCUT2D eigenvalue weighted by molar-refractivity contribution is 6.09. The highest BCUT2D eigenvalue weighted by Gasteiger charge is 2.43. The van der Waals surface area contributed by atoms with E-state index >= 15 is 0 Å². The van der Waals surface area contributed by atoms with Gasteiger partial charge in [0.05, 0.1) is 11.9 Å². The minimum atomic E-state index is -0.761. The van der Waals surface area contributed by atoms with E-state index in [2.05, 4.69) is 15.6 Å². The number of benzene rings is 1. The van der Waals surface area contributed by atoms with Gasteiger partial charge in [0.2, 0.25) is 0 Å². The van der Waals surface area contributed by atoms with Gasteiger partial charge < -0.3 is 10.6 Å². The summed E-state index contributed by atoms with van der Waals surface area (Å²) in [6.07, 6.45) is 4.17. The number of hydrogen-bond acceptors (Lipinski definition) is 4. The lowest BCUT2D eigenvalue weighted by Crippen LogP contribution is -2.39. The summed E-state index contributed by atoms with van der Waals surface area (Å²) in [6.45, 7) is 5.87. The third-order valence-corrected chi connectivity index (χ3v) is 5.62. The van der Waals surface area contributed by atoms with Crippen molar-refractivity contribution in [3.8, 4) is 0 Å². The molecule has 0 unspecified atom stereocenters. The lowest BCUT2D eigenvalue weighted by Gasteiger charge is -2.39. The molecule has 30 heavy (non-hydrogen) atoms. The van der Waals surface area contributed by atoms with Crippen LogP contribution < -0.4 is 10.6 Å². The molecule has 0 saturated heterocycles. The molecule has 1 atom stereocenters. The van der Waals surface area contributed by atoms with E-state index < -0.39 is 11.7 Å². The molecule has 2 N–H and O–H groups in total. The first-order chi connectivity index (χ1) is 14.3. The Morgan fingerprint density at radius 3 is 2.67 bits per heavy atom. The number of pyridine rings is 1. The lowest BCUT2D eigenvalue weighted by molar-refractivity contribution is -0.118. The number of ketones is 1. The van der Waals surface area contributed by atoms with Crippen LogP contribution in [0.4, 0.5) is 10.1 Å². The highest BCUT2D eigenvalue weighted by atomic mass is 19.1. The molecule has 4 rings (SSSR count). The Kier molecular flexibility index (Phi) is 5.02. The van der Waals surface area contributed by atoms with E-state index in [9.17, 15) is 14.0 Å². The fourth-order valence-electron chi connectivity index (χ4n) is 4.39. The molecule has 5 nitrogen and oxygen atoms in total. The second-order valence-electron chi connectivity index (χ2n) is 8.65. The van der Waals surface area contributed by atoms with Gasteiger partial charge >= 0.3 is 0 Å². The van der Waals surface area contributed by atoms with E-state index in [1.165, 1.54) is 6.07 Å². The molecule has 1 aromatic carbocycles. The molecule has 0 bridgehead atoms. The zero-order valence-electron chi connectivity index (χ0n) is 17.3. The van der Waals surface area contributed by atoms with E-state index in [4.69, 9.17) is 0 Å². The van der Waals surface area contributed by atoms with Crippen molar-refractivity contribution in [3.63, 3.8) is 0 Å². The number of carbonyl (C=O) groups excluding carboxylic acids is 2. The third kappa shape index (κ3) is 3.65. The quantitative estimate of drug-likeness (QED) is 0.791. The molecule has 2 aliphatic rings. The molecule has 2 aromatic rings.